The van der Waals surface area contributed by atoms with Gasteiger partial charge in [0, 0.05) is 49.9 Å². The van der Waals surface area contributed by atoms with Crippen molar-refractivity contribution in [3.05, 3.63) is 71.7 Å². The molecule has 1 unspecified atom stereocenters. The molecule has 0 aliphatic carbocycles. The van der Waals surface area contributed by atoms with E-state index in [2.05, 4.69) is 15.4 Å². The zero-order valence-electron chi connectivity index (χ0n) is 14.0. The molecule has 2 aromatic heterocycles. The molecule has 0 amide bonds. The van der Waals surface area contributed by atoms with Gasteiger partial charge in [0.1, 0.15) is 0 Å². The van der Waals surface area contributed by atoms with Crippen LogP contribution in [0.1, 0.15) is 22.8 Å². The maximum Gasteiger partial charge on any atom is 0.0983 e. The first-order chi connectivity index (χ1) is 11.6. The molecule has 0 saturated heterocycles. The minimum absolute atomic E-state index is 0.492. The highest BCUT2D eigenvalue weighted by atomic mass is 16.3. The highest BCUT2D eigenvalue weighted by molar-refractivity contribution is 5.61. The zero-order chi connectivity index (χ0) is 16.9. The van der Waals surface area contributed by atoms with Crippen LogP contribution in [0.4, 0.5) is 0 Å². The van der Waals surface area contributed by atoms with Gasteiger partial charge in [0.05, 0.1) is 11.8 Å². The Bertz CT molecular complexity index is 798. The Morgan fingerprint density at radius 2 is 2.04 bits per heavy atom. The normalized spacial score (nSPS) is 12.3. The summed E-state index contributed by atoms with van der Waals surface area (Å²) in [6.07, 6.45) is 5.04. The Kier molecular flexibility index (Phi) is 5.03. The van der Waals surface area contributed by atoms with Crippen LogP contribution in [0.15, 0.2) is 55.0 Å². The van der Waals surface area contributed by atoms with Gasteiger partial charge in [0.2, 0.25) is 0 Å². The molecule has 2 heterocycles. The molecule has 0 fully saturated rings. The second-order valence-corrected chi connectivity index (χ2v) is 5.92. The van der Waals surface area contributed by atoms with E-state index in [1.54, 1.807) is 10.9 Å². The van der Waals surface area contributed by atoms with Crippen molar-refractivity contribution in [2.24, 2.45) is 7.05 Å². The fourth-order valence-corrected chi connectivity index (χ4v) is 2.83. The van der Waals surface area contributed by atoms with Gasteiger partial charge in [-0.15, -0.1) is 0 Å². The van der Waals surface area contributed by atoms with Crippen LogP contribution in [0.2, 0.25) is 0 Å². The summed E-state index contributed by atoms with van der Waals surface area (Å²) in [6, 6.07) is 11.8. The molecule has 1 aromatic carbocycles. The Labute approximate surface area is 142 Å². The van der Waals surface area contributed by atoms with Crippen molar-refractivity contribution in [1.82, 2.24) is 20.1 Å². The third kappa shape index (κ3) is 3.69. The van der Waals surface area contributed by atoms with Crippen LogP contribution in [0.5, 0.6) is 0 Å². The van der Waals surface area contributed by atoms with Gasteiger partial charge in [0.25, 0.3) is 0 Å². The topological polar surface area (TPSA) is 63.0 Å². The molecule has 24 heavy (non-hydrogen) atoms. The molecule has 124 valence electrons. The number of aliphatic hydroxyl groups is 1. The van der Waals surface area contributed by atoms with E-state index >= 15 is 0 Å². The van der Waals surface area contributed by atoms with Gasteiger partial charge in [-0.05, 0) is 30.2 Å². The summed E-state index contributed by atoms with van der Waals surface area (Å²) in [7, 11) is 1.91. The minimum atomic E-state index is -0.523. The fourth-order valence-electron chi connectivity index (χ4n) is 2.83. The molecule has 0 radical (unpaired) electrons. The first kappa shape index (κ1) is 16.4. The highest BCUT2D eigenvalue weighted by Gasteiger charge is 2.12. The first-order valence-electron chi connectivity index (χ1n) is 8.02. The maximum absolute atomic E-state index is 10.4. The van der Waals surface area contributed by atoms with E-state index in [0.717, 1.165) is 27.9 Å². The average Bonchev–Trinajstić information content (AvgIpc) is 2.97. The zero-order valence-corrected chi connectivity index (χ0v) is 14.0. The van der Waals surface area contributed by atoms with E-state index in [0.29, 0.717) is 13.1 Å². The van der Waals surface area contributed by atoms with E-state index in [1.165, 1.54) is 0 Å². The van der Waals surface area contributed by atoms with Gasteiger partial charge in [-0.1, -0.05) is 24.3 Å². The van der Waals surface area contributed by atoms with Gasteiger partial charge >= 0.3 is 0 Å². The van der Waals surface area contributed by atoms with Crippen LogP contribution in [0, 0.1) is 6.92 Å². The van der Waals surface area contributed by atoms with Crippen molar-refractivity contribution >= 4 is 0 Å². The standard InChI is InChI=1S/C19H22N4O/c1-14-6-3-4-8-17(14)18(24)12-21-11-16-13-23(2)22-19(16)15-7-5-9-20-10-15/h3-10,13,18,21,24H,11-12H2,1-2H3. The summed E-state index contributed by atoms with van der Waals surface area (Å²) in [5.74, 6) is 0. The lowest BCUT2D eigenvalue weighted by atomic mass is 10.0. The number of aliphatic hydroxyl groups excluding tert-OH is 1. The number of aromatic nitrogens is 3. The van der Waals surface area contributed by atoms with Crippen LogP contribution in [-0.4, -0.2) is 26.4 Å². The predicted octanol–water partition coefficient (Wildman–Crippen LogP) is 2.61. The number of hydrogen-bond donors (Lipinski definition) is 2. The molecule has 0 spiro atoms. The summed E-state index contributed by atoms with van der Waals surface area (Å²) < 4.78 is 1.80. The first-order valence-corrected chi connectivity index (χ1v) is 8.02. The molecule has 3 rings (SSSR count). The highest BCUT2D eigenvalue weighted by Crippen LogP contribution is 2.21. The van der Waals surface area contributed by atoms with Crippen molar-refractivity contribution in [3.63, 3.8) is 0 Å². The summed E-state index contributed by atoms with van der Waals surface area (Å²) >= 11 is 0. The van der Waals surface area contributed by atoms with E-state index in [4.69, 9.17) is 0 Å². The Hall–Kier alpha value is -2.50. The Morgan fingerprint density at radius 1 is 1.21 bits per heavy atom. The lowest BCUT2D eigenvalue weighted by molar-refractivity contribution is 0.173. The summed E-state index contributed by atoms with van der Waals surface area (Å²) in [5.41, 5.74) is 5.06. The van der Waals surface area contributed by atoms with Gasteiger partial charge in [0.15, 0.2) is 0 Å². The molecule has 5 nitrogen and oxygen atoms in total. The van der Waals surface area contributed by atoms with Crippen LogP contribution < -0.4 is 5.32 Å². The van der Waals surface area contributed by atoms with Crippen molar-refractivity contribution < 1.29 is 5.11 Å². The number of benzene rings is 1. The molecular formula is C19H22N4O. The molecule has 0 saturated carbocycles. The van der Waals surface area contributed by atoms with E-state index in [9.17, 15) is 5.11 Å². The molecular weight excluding hydrogens is 300 g/mol. The van der Waals surface area contributed by atoms with Gasteiger partial charge in [-0.2, -0.15) is 5.10 Å². The number of hydrogen-bond acceptors (Lipinski definition) is 4. The summed E-state index contributed by atoms with van der Waals surface area (Å²) in [6.45, 7) is 3.15. The predicted molar refractivity (Wildman–Crippen MR) is 94.3 cm³/mol. The van der Waals surface area contributed by atoms with Gasteiger partial charge in [-0.25, -0.2) is 0 Å². The molecule has 0 aliphatic heterocycles. The second-order valence-electron chi connectivity index (χ2n) is 5.92. The Morgan fingerprint density at radius 3 is 2.79 bits per heavy atom. The lowest BCUT2D eigenvalue weighted by Gasteiger charge is -2.14. The van der Waals surface area contributed by atoms with Crippen LogP contribution >= 0.6 is 0 Å². The smallest absolute Gasteiger partial charge is 0.0983 e. The molecule has 0 bridgehead atoms. The van der Waals surface area contributed by atoms with Gasteiger partial charge in [-0.3, -0.25) is 9.67 Å². The third-order valence-electron chi connectivity index (χ3n) is 4.04. The maximum atomic E-state index is 10.4. The number of pyridine rings is 1. The monoisotopic (exact) mass is 322 g/mol. The fraction of sp³-hybridized carbons (Fsp3) is 0.263. The van der Waals surface area contributed by atoms with Crippen molar-refractivity contribution in [1.29, 1.82) is 0 Å². The van der Waals surface area contributed by atoms with Crippen LogP contribution in [0.3, 0.4) is 0 Å². The van der Waals surface area contributed by atoms with Gasteiger partial charge < -0.3 is 10.4 Å². The molecule has 0 aliphatic rings. The van der Waals surface area contributed by atoms with E-state index in [1.807, 2.05) is 62.8 Å². The largest absolute Gasteiger partial charge is 0.387 e. The third-order valence-corrected chi connectivity index (χ3v) is 4.04. The molecule has 5 heteroatoms. The average molecular weight is 322 g/mol. The van der Waals surface area contributed by atoms with E-state index < -0.39 is 6.10 Å². The summed E-state index contributed by atoms with van der Waals surface area (Å²) in [5, 5.41) is 18.2. The molecule has 3 aromatic rings. The lowest BCUT2D eigenvalue weighted by Crippen LogP contribution is -2.21. The van der Waals surface area contributed by atoms with Crippen molar-refractivity contribution in [2.45, 2.75) is 19.6 Å². The minimum Gasteiger partial charge on any atom is -0.387 e. The number of rotatable bonds is 6. The number of aryl methyl sites for hydroxylation is 2. The number of nitrogens with zero attached hydrogens (tertiary/aromatic N) is 3. The van der Waals surface area contributed by atoms with E-state index in [-0.39, 0.29) is 0 Å². The molecule has 2 N–H and O–H groups in total. The van der Waals surface area contributed by atoms with Crippen LogP contribution in [-0.2, 0) is 13.6 Å². The van der Waals surface area contributed by atoms with Crippen molar-refractivity contribution in [3.8, 4) is 11.3 Å². The second kappa shape index (κ2) is 7.38. The van der Waals surface area contributed by atoms with Crippen molar-refractivity contribution in [2.75, 3.05) is 6.54 Å². The summed E-state index contributed by atoms with van der Waals surface area (Å²) in [4.78, 5) is 4.16. The van der Waals surface area contributed by atoms with Crippen LogP contribution in [0.25, 0.3) is 11.3 Å². The quantitative estimate of drug-likeness (QED) is 0.732. The SMILES string of the molecule is Cc1ccccc1C(O)CNCc1cn(C)nc1-c1cccnc1. The molecule has 1 atom stereocenters. The Balaban J connectivity index is 1.67. The number of nitrogens with one attached hydrogen (secondary N) is 1.